The molecular weight excluding hydrogens is 533 g/mol. The van der Waals surface area contributed by atoms with E-state index < -0.39 is 30.1 Å². The van der Waals surface area contributed by atoms with E-state index in [0.29, 0.717) is 5.69 Å². The highest BCUT2D eigenvalue weighted by Crippen LogP contribution is 2.34. The molecule has 0 aliphatic carbocycles. The molecule has 1 amide bonds. The molecule has 0 atom stereocenters. The number of alkyl halides is 5. The Morgan fingerprint density at radius 2 is 1.93 bits per heavy atom. The topological polar surface area (TPSA) is 77.5 Å². The molecule has 3 N–H and O–H groups in total. The number of nitrogens with zero attached hydrogens (tertiary/aromatic N) is 4. The van der Waals surface area contributed by atoms with Crippen LogP contribution in [0.15, 0.2) is 48.8 Å². The SMILES string of the molecule is Cc1ccc(C(=O)Nc2cc(CN3CCC(F)(F)C3)cc(C(F)(F)F)c2)cc1N1C=C(c2cnn(C)c2C)NN1. The van der Waals surface area contributed by atoms with E-state index in [2.05, 4.69) is 21.4 Å². The van der Waals surface area contributed by atoms with Gasteiger partial charge in [-0.3, -0.25) is 19.4 Å². The summed E-state index contributed by atoms with van der Waals surface area (Å²) in [5.41, 5.74) is 9.58. The molecule has 1 saturated heterocycles. The predicted molar refractivity (Wildman–Crippen MR) is 140 cm³/mol. The van der Waals surface area contributed by atoms with Gasteiger partial charge >= 0.3 is 6.18 Å². The molecule has 2 aliphatic rings. The van der Waals surface area contributed by atoms with Crippen LogP contribution >= 0.6 is 0 Å². The van der Waals surface area contributed by atoms with Crippen molar-refractivity contribution in [3.63, 3.8) is 0 Å². The van der Waals surface area contributed by atoms with Crippen LogP contribution in [-0.4, -0.2) is 39.6 Å². The van der Waals surface area contributed by atoms with Crippen LogP contribution < -0.4 is 21.3 Å². The number of anilines is 2. The van der Waals surface area contributed by atoms with E-state index in [1.165, 1.54) is 11.0 Å². The average molecular weight is 562 g/mol. The molecule has 0 saturated carbocycles. The summed E-state index contributed by atoms with van der Waals surface area (Å²) in [4.78, 5) is 14.5. The van der Waals surface area contributed by atoms with Gasteiger partial charge in [-0.1, -0.05) is 6.07 Å². The molecule has 40 heavy (non-hydrogen) atoms. The number of hydrazine groups is 2. The maximum atomic E-state index is 13.6. The lowest BCUT2D eigenvalue weighted by atomic mass is 10.1. The smallest absolute Gasteiger partial charge is 0.322 e. The summed E-state index contributed by atoms with van der Waals surface area (Å²) >= 11 is 0. The van der Waals surface area contributed by atoms with Crippen LogP contribution in [0, 0.1) is 13.8 Å². The molecule has 3 aromatic rings. The third-order valence-electron chi connectivity index (χ3n) is 7.06. The highest BCUT2D eigenvalue weighted by atomic mass is 19.4. The van der Waals surface area contributed by atoms with Crippen molar-refractivity contribution < 1.29 is 26.7 Å². The third-order valence-corrected chi connectivity index (χ3v) is 7.06. The fourth-order valence-electron chi connectivity index (χ4n) is 4.78. The molecule has 2 aromatic carbocycles. The first kappa shape index (κ1) is 27.6. The molecule has 5 rings (SSSR count). The first-order valence-electron chi connectivity index (χ1n) is 12.5. The average Bonchev–Trinajstić information content (AvgIpc) is 3.58. The Bertz CT molecular complexity index is 1480. The van der Waals surface area contributed by atoms with Gasteiger partial charge in [0.1, 0.15) is 0 Å². The lowest BCUT2D eigenvalue weighted by Crippen LogP contribution is -2.36. The van der Waals surface area contributed by atoms with Gasteiger partial charge in [0.05, 0.1) is 29.7 Å². The normalized spacial score (nSPS) is 17.2. The van der Waals surface area contributed by atoms with E-state index in [1.807, 2.05) is 27.1 Å². The number of halogens is 5. The lowest BCUT2D eigenvalue weighted by molar-refractivity contribution is -0.137. The van der Waals surface area contributed by atoms with Crippen molar-refractivity contribution in [1.82, 2.24) is 25.6 Å². The summed E-state index contributed by atoms with van der Waals surface area (Å²) < 4.78 is 69.8. The number of rotatable bonds is 6. The summed E-state index contributed by atoms with van der Waals surface area (Å²) in [6, 6.07) is 8.08. The first-order valence-corrected chi connectivity index (χ1v) is 12.5. The van der Waals surface area contributed by atoms with Crippen LogP contribution in [0.2, 0.25) is 0 Å². The Hall–Kier alpha value is -3.97. The Balaban J connectivity index is 1.37. The van der Waals surface area contributed by atoms with Crippen molar-refractivity contribution >= 4 is 23.0 Å². The lowest BCUT2D eigenvalue weighted by Gasteiger charge is -2.19. The second kappa shape index (κ2) is 10.2. The van der Waals surface area contributed by atoms with Gasteiger partial charge in [-0.15, -0.1) is 5.53 Å². The highest BCUT2D eigenvalue weighted by Gasteiger charge is 2.38. The number of aromatic nitrogens is 2. The third kappa shape index (κ3) is 5.80. The van der Waals surface area contributed by atoms with Gasteiger partial charge < -0.3 is 10.7 Å². The number of hydrogen-bond acceptors (Lipinski definition) is 6. The van der Waals surface area contributed by atoms with Crippen molar-refractivity contribution in [3.05, 3.63) is 82.3 Å². The minimum absolute atomic E-state index is 0.0712. The van der Waals surface area contributed by atoms with Crippen LogP contribution in [0.4, 0.5) is 33.3 Å². The van der Waals surface area contributed by atoms with Crippen LogP contribution in [-0.2, 0) is 19.8 Å². The van der Waals surface area contributed by atoms with Gasteiger partial charge in [-0.25, -0.2) is 8.78 Å². The fourth-order valence-corrected chi connectivity index (χ4v) is 4.78. The molecule has 1 aromatic heterocycles. The summed E-state index contributed by atoms with van der Waals surface area (Å²) in [5.74, 6) is -3.48. The summed E-state index contributed by atoms with van der Waals surface area (Å²) in [7, 11) is 1.84. The zero-order valence-corrected chi connectivity index (χ0v) is 22.0. The van der Waals surface area contributed by atoms with Crippen molar-refractivity contribution in [2.45, 2.75) is 38.9 Å². The van der Waals surface area contributed by atoms with Crippen LogP contribution in [0.3, 0.4) is 0 Å². The quantitative estimate of drug-likeness (QED) is 0.369. The number of carbonyl (C=O) groups is 1. The number of aryl methyl sites for hydroxylation is 2. The van der Waals surface area contributed by atoms with Gasteiger partial charge in [-0.2, -0.15) is 18.3 Å². The first-order chi connectivity index (χ1) is 18.8. The number of carbonyl (C=O) groups excluding carboxylic acids is 1. The Kier molecular flexibility index (Phi) is 7.04. The zero-order chi connectivity index (χ0) is 28.8. The molecule has 0 bridgehead atoms. The fraction of sp³-hybridized carbons (Fsp3) is 0.333. The van der Waals surface area contributed by atoms with Gasteiger partial charge in [0.2, 0.25) is 0 Å². The van der Waals surface area contributed by atoms with E-state index in [4.69, 9.17) is 0 Å². The predicted octanol–water partition coefficient (Wildman–Crippen LogP) is 4.98. The standard InChI is InChI=1S/C27H28F5N7O/c1-16-4-5-19(10-24(16)39-14-23(35-36-39)22-12-33-37(3)17(22)2)25(40)34-21-9-18(8-20(11-21)27(30,31)32)13-38-7-6-26(28,29)15-38/h4-5,8-12,14,35-36H,6-7,13,15H2,1-3H3,(H,34,40). The second-order valence-corrected chi connectivity index (χ2v) is 10.1. The van der Waals surface area contributed by atoms with E-state index in [0.717, 1.165) is 34.7 Å². The highest BCUT2D eigenvalue weighted by molar-refractivity contribution is 6.05. The number of hydrogen-bond donors (Lipinski definition) is 3. The van der Waals surface area contributed by atoms with Gasteiger partial charge in [0.15, 0.2) is 0 Å². The molecule has 0 radical (unpaired) electrons. The summed E-state index contributed by atoms with van der Waals surface area (Å²) in [5, 5.41) is 8.49. The van der Waals surface area contributed by atoms with Gasteiger partial charge in [-0.05, 0) is 55.3 Å². The molecular formula is C27H28F5N7O. The Morgan fingerprint density at radius 3 is 2.58 bits per heavy atom. The van der Waals surface area contributed by atoms with Crippen molar-refractivity contribution in [2.75, 3.05) is 23.4 Å². The molecule has 3 heterocycles. The molecule has 2 aliphatic heterocycles. The molecule has 8 nitrogen and oxygen atoms in total. The van der Waals surface area contributed by atoms with Crippen LogP contribution in [0.1, 0.15) is 44.7 Å². The molecule has 0 spiro atoms. The Morgan fingerprint density at radius 1 is 1.15 bits per heavy atom. The summed E-state index contributed by atoms with van der Waals surface area (Å²) in [6.45, 7) is 3.26. The summed E-state index contributed by atoms with van der Waals surface area (Å²) in [6.07, 6.45) is -1.47. The van der Waals surface area contributed by atoms with Crippen LogP contribution in [0.25, 0.3) is 5.70 Å². The number of likely N-dealkylation sites (tertiary alicyclic amines) is 1. The number of amides is 1. The van der Waals surface area contributed by atoms with E-state index in [1.54, 1.807) is 34.1 Å². The molecule has 0 unspecified atom stereocenters. The van der Waals surface area contributed by atoms with Crippen molar-refractivity contribution in [1.29, 1.82) is 0 Å². The number of nitrogens with one attached hydrogen (secondary N) is 3. The van der Waals surface area contributed by atoms with Gasteiger partial charge in [0, 0.05) is 55.3 Å². The van der Waals surface area contributed by atoms with Crippen LogP contribution in [0.5, 0.6) is 0 Å². The maximum Gasteiger partial charge on any atom is 0.416 e. The second-order valence-electron chi connectivity index (χ2n) is 10.1. The minimum Gasteiger partial charge on any atom is -0.322 e. The van der Waals surface area contributed by atoms with Crippen molar-refractivity contribution in [3.8, 4) is 0 Å². The molecule has 1 fully saturated rings. The van der Waals surface area contributed by atoms with E-state index in [9.17, 15) is 26.7 Å². The molecule has 13 heteroatoms. The zero-order valence-electron chi connectivity index (χ0n) is 22.0. The Labute approximate surface area is 227 Å². The largest absolute Gasteiger partial charge is 0.416 e. The van der Waals surface area contributed by atoms with E-state index >= 15 is 0 Å². The van der Waals surface area contributed by atoms with E-state index in [-0.39, 0.29) is 36.3 Å². The minimum atomic E-state index is -4.67. The maximum absolute atomic E-state index is 13.6. The van der Waals surface area contributed by atoms with Crippen molar-refractivity contribution in [2.24, 2.45) is 7.05 Å². The van der Waals surface area contributed by atoms with Gasteiger partial charge in [0.25, 0.3) is 11.8 Å². The number of benzene rings is 2. The monoisotopic (exact) mass is 561 g/mol. The molecule has 212 valence electrons.